The molecule has 5 nitrogen and oxygen atoms in total. The van der Waals surface area contributed by atoms with E-state index in [0.29, 0.717) is 16.9 Å². The van der Waals surface area contributed by atoms with Gasteiger partial charge in [0, 0.05) is 20.4 Å². The topological polar surface area (TPSA) is 65.7 Å². The predicted molar refractivity (Wildman–Crippen MR) is 122 cm³/mol. The van der Waals surface area contributed by atoms with E-state index in [1.54, 1.807) is 30.3 Å². The van der Waals surface area contributed by atoms with E-state index in [1.165, 1.54) is 6.07 Å². The molecule has 3 aromatic carbocycles. The number of hydrogen-bond donors (Lipinski definition) is 0. The van der Waals surface area contributed by atoms with Crippen molar-refractivity contribution in [3.05, 3.63) is 98.3 Å². The minimum absolute atomic E-state index is 0.0846. The Morgan fingerprint density at radius 3 is 2.48 bits per heavy atom. The molecule has 1 aromatic heterocycles. The molecule has 1 aliphatic rings. The molecule has 0 saturated carbocycles. The molecule has 0 amide bonds. The Bertz CT molecular complexity index is 1380. The number of Topliss-reactive ketones (excluding diaryl/α,β-unsaturated/α-hetero) is 1. The molecule has 4 aromatic rings. The summed E-state index contributed by atoms with van der Waals surface area (Å²) in [6.07, 6.45) is 1.67. The molecule has 1 aliphatic heterocycles. The summed E-state index contributed by atoms with van der Waals surface area (Å²) in [4.78, 5) is 25.1. The van der Waals surface area contributed by atoms with Gasteiger partial charge >= 0.3 is 5.97 Å². The zero-order chi connectivity index (χ0) is 21.5. The van der Waals surface area contributed by atoms with Gasteiger partial charge in [-0.15, -0.1) is 0 Å². The van der Waals surface area contributed by atoms with Crippen molar-refractivity contribution in [1.29, 1.82) is 0 Å². The molecule has 0 N–H and O–H groups in total. The van der Waals surface area contributed by atoms with Crippen molar-refractivity contribution in [2.75, 3.05) is 0 Å². The van der Waals surface area contributed by atoms with Crippen molar-refractivity contribution in [1.82, 2.24) is 0 Å². The van der Waals surface area contributed by atoms with E-state index in [1.807, 2.05) is 36.4 Å². The number of fused-ring (bicyclic) bond motifs is 2. The van der Waals surface area contributed by atoms with Gasteiger partial charge in [0.1, 0.15) is 17.1 Å². The first kappa shape index (κ1) is 19.8. The fourth-order valence-electron chi connectivity index (χ4n) is 3.21. The number of ketones is 1. The fourth-order valence-corrected chi connectivity index (χ4v) is 3.86. The third kappa shape index (κ3) is 3.94. The third-order valence-electron chi connectivity index (χ3n) is 4.70. The van der Waals surface area contributed by atoms with E-state index in [4.69, 9.17) is 13.9 Å². The van der Waals surface area contributed by atoms with Gasteiger partial charge in [-0.25, -0.2) is 4.79 Å². The van der Waals surface area contributed by atoms with Crippen LogP contribution in [0.25, 0.3) is 17.0 Å². The lowest BCUT2D eigenvalue weighted by molar-refractivity contribution is 0.0703. The number of carbonyl (C=O) groups excluding carboxylic acids is 2. The van der Waals surface area contributed by atoms with Crippen molar-refractivity contribution in [3.8, 4) is 11.5 Å². The van der Waals surface area contributed by atoms with Gasteiger partial charge < -0.3 is 13.9 Å². The second-order valence-electron chi connectivity index (χ2n) is 6.83. The summed E-state index contributed by atoms with van der Waals surface area (Å²) in [7, 11) is 0. The summed E-state index contributed by atoms with van der Waals surface area (Å²) in [6, 6.07) is 19.2. The Labute approximate surface area is 193 Å². The predicted octanol–water partition coefficient (Wildman–Crippen LogP) is 6.79. The van der Waals surface area contributed by atoms with Gasteiger partial charge in [-0.2, -0.15) is 0 Å². The first-order valence-electron chi connectivity index (χ1n) is 9.21. The highest BCUT2D eigenvalue weighted by molar-refractivity contribution is 9.10. The molecular formula is C24H12Br2O5. The molecule has 31 heavy (non-hydrogen) atoms. The van der Waals surface area contributed by atoms with Gasteiger partial charge in [-0.1, -0.05) is 44.0 Å². The Kier molecular flexibility index (Phi) is 5.00. The first-order valence-corrected chi connectivity index (χ1v) is 10.8. The van der Waals surface area contributed by atoms with Crippen LogP contribution >= 0.6 is 31.9 Å². The van der Waals surface area contributed by atoms with Crippen LogP contribution in [0.5, 0.6) is 11.5 Å². The normalized spacial score (nSPS) is 14.0. The van der Waals surface area contributed by atoms with Crippen molar-refractivity contribution in [2.45, 2.75) is 0 Å². The summed E-state index contributed by atoms with van der Waals surface area (Å²) in [5.41, 5.74) is 1.83. The lowest BCUT2D eigenvalue weighted by atomic mass is 10.1. The maximum absolute atomic E-state index is 12.6. The summed E-state index contributed by atoms with van der Waals surface area (Å²) >= 11 is 6.77. The van der Waals surface area contributed by atoms with Gasteiger partial charge in [0.2, 0.25) is 11.5 Å². The van der Waals surface area contributed by atoms with Crippen LogP contribution in [0.1, 0.15) is 26.5 Å². The van der Waals surface area contributed by atoms with Gasteiger partial charge in [-0.05, 0) is 60.2 Å². The number of furan rings is 1. The highest BCUT2D eigenvalue weighted by atomic mass is 79.9. The lowest BCUT2D eigenvalue weighted by Crippen LogP contribution is -2.07. The molecule has 0 atom stereocenters. The largest absolute Gasteiger partial charge is 0.452 e. The van der Waals surface area contributed by atoms with E-state index in [-0.39, 0.29) is 23.1 Å². The monoisotopic (exact) mass is 538 g/mol. The van der Waals surface area contributed by atoms with Crippen LogP contribution in [0, 0.1) is 0 Å². The summed E-state index contributed by atoms with van der Waals surface area (Å²) in [5, 5.41) is 0.784. The average molecular weight is 540 g/mol. The van der Waals surface area contributed by atoms with Crippen molar-refractivity contribution in [2.24, 2.45) is 0 Å². The SMILES string of the molecule is O=C(Oc1ccc2c(c1)O/C(=C\c1ccc(Br)cc1)C2=O)c1cc2cc(Br)ccc2o1. The Balaban J connectivity index is 1.37. The molecule has 0 unspecified atom stereocenters. The van der Waals surface area contributed by atoms with Crippen molar-refractivity contribution >= 4 is 60.7 Å². The van der Waals surface area contributed by atoms with E-state index in [2.05, 4.69) is 31.9 Å². The van der Waals surface area contributed by atoms with Gasteiger partial charge in [0.15, 0.2) is 5.76 Å². The number of esters is 1. The number of hydrogen-bond acceptors (Lipinski definition) is 5. The van der Waals surface area contributed by atoms with Gasteiger partial charge in [0.05, 0.1) is 5.56 Å². The molecule has 0 spiro atoms. The molecule has 0 fully saturated rings. The molecule has 0 radical (unpaired) electrons. The highest BCUT2D eigenvalue weighted by Crippen LogP contribution is 2.35. The molecule has 2 heterocycles. The molecule has 152 valence electrons. The van der Waals surface area contributed by atoms with Crippen LogP contribution in [0.4, 0.5) is 0 Å². The van der Waals surface area contributed by atoms with E-state index in [0.717, 1.165) is 19.9 Å². The number of benzene rings is 3. The molecule has 0 saturated heterocycles. The zero-order valence-electron chi connectivity index (χ0n) is 15.7. The quantitative estimate of drug-likeness (QED) is 0.163. The number of ether oxygens (including phenoxy) is 2. The van der Waals surface area contributed by atoms with Crippen LogP contribution < -0.4 is 9.47 Å². The smallest absolute Gasteiger partial charge is 0.379 e. The minimum atomic E-state index is -0.637. The average Bonchev–Trinajstić information content (AvgIpc) is 3.30. The maximum Gasteiger partial charge on any atom is 0.379 e. The van der Waals surface area contributed by atoms with Crippen molar-refractivity contribution < 1.29 is 23.5 Å². The highest BCUT2D eigenvalue weighted by Gasteiger charge is 2.28. The van der Waals surface area contributed by atoms with E-state index >= 15 is 0 Å². The Morgan fingerprint density at radius 2 is 1.68 bits per heavy atom. The molecule has 0 aliphatic carbocycles. The van der Waals surface area contributed by atoms with Crippen LogP contribution in [0.2, 0.25) is 0 Å². The molecule has 0 bridgehead atoms. The minimum Gasteiger partial charge on any atom is -0.452 e. The summed E-state index contributed by atoms with van der Waals surface area (Å²) in [6.45, 7) is 0. The van der Waals surface area contributed by atoms with Crippen LogP contribution in [-0.2, 0) is 0 Å². The molecule has 7 heteroatoms. The molecule has 5 rings (SSSR count). The number of allylic oxidation sites excluding steroid dienone is 1. The lowest BCUT2D eigenvalue weighted by Gasteiger charge is -2.04. The number of carbonyl (C=O) groups is 2. The van der Waals surface area contributed by atoms with Crippen LogP contribution in [0.3, 0.4) is 0 Å². The molecular weight excluding hydrogens is 528 g/mol. The van der Waals surface area contributed by atoms with E-state index < -0.39 is 5.97 Å². The second-order valence-corrected chi connectivity index (χ2v) is 8.66. The first-order chi connectivity index (χ1) is 15.0. The fraction of sp³-hybridized carbons (Fsp3) is 0. The Morgan fingerprint density at radius 1 is 0.903 bits per heavy atom. The van der Waals surface area contributed by atoms with Gasteiger partial charge in [-0.3, -0.25) is 4.79 Å². The third-order valence-corrected chi connectivity index (χ3v) is 5.72. The zero-order valence-corrected chi connectivity index (χ0v) is 18.9. The Hall–Kier alpha value is -3.16. The van der Waals surface area contributed by atoms with Crippen molar-refractivity contribution in [3.63, 3.8) is 0 Å². The summed E-state index contributed by atoms with van der Waals surface area (Å²) in [5.74, 6) is 0.0289. The van der Waals surface area contributed by atoms with Crippen LogP contribution in [0.15, 0.2) is 85.9 Å². The van der Waals surface area contributed by atoms with E-state index in [9.17, 15) is 9.59 Å². The number of halogens is 2. The maximum atomic E-state index is 12.6. The number of rotatable bonds is 3. The standard InChI is InChI=1S/C24H12Br2O5/c25-15-3-1-13(2-4-15)9-21-23(27)18-7-6-17(12-20(18)31-21)29-24(28)22-11-14-10-16(26)5-8-19(14)30-22/h1-12H/b21-9-. The van der Waals surface area contributed by atoms with Gasteiger partial charge in [0.25, 0.3) is 0 Å². The second kappa shape index (κ2) is 7.83. The van der Waals surface area contributed by atoms with Crippen LogP contribution in [-0.4, -0.2) is 11.8 Å². The summed E-state index contributed by atoms with van der Waals surface area (Å²) < 4.78 is 18.5.